The Labute approximate surface area is 228 Å². The molecule has 0 aromatic heterocycles. The maximum absolute atomic E-state index is 13.9. The molecule has 0 aliphatic heterocycles. The summed E-state index contributed by atoms with van der Waals surface area (Å²) in [6.45, 7) is 3.02. The average Bonchev–Trinajstić information content (AvgIpc) is 2.89. The summed E-state index contributed by atoms with van der Waals surface area (Å²) in [6.07, 6.45) is 0.295. The minimum absolute atomic E-state index is 0.0498. The molecule has 0 spiro atoms. The number of amides is 2. The molecule has 0 saturated carbocycles. The predicted molar refractivity (Wildman–Crippen MR) is 147 cm³/mol. The molecule has 0 aliphatic carbocycles. The molecule has 1 N–H and O–H groups in total. The summed E-state index contributed by atoms with van der Waals surface area (Å²) in [5.74, 6) is -0.961. The van der Waals surface area contributed by atoms with Crippen LogP contribution in [-0.4, -0.2) is 44.8 Å². The first kappa shape index (κ1) is 28.5. The average molecular weight is 563 g/mol. The van der Waals surface area contributed by atoms with E-state index in [4.69, 9.17) is 23.2 Å². The van der Waals surface area contributed by atoms with Gasteiger partial charge in [-0.3, -0.25) is 13.9 Å². The Morgan fingerprint density at radius 1 is 0.919 bits per heavy atom. The van der Waals surface area contributed by atoms with Crippen LogP contribution in [0.1, 0.15) is 24.5 Å². The SMILES string of the molecule is CC[C@@H](C(=O)NC)N(Cc1c(Cl)cccc1Cl)C(=O)CN(c1ccccc1)S(=O)(=O)c1ccc(C)cc1. The second-order valence-electron chi connectivity index (χ2n) is 8.42. The number of carbonyl (C=O) groups is 2. The lowest BCUT2D eigenvalue weighted by atomic mass is 10.1. The van der Waals surface area contributed by atoms with Crippen LogP contribution in [0.15, 0.2) is 77.7 Å². The van der Waals surface area contributed by atoms with Gasteiger partial charge in [-0.05, 0) is 49.7 Å². The minimum atomic E-state index is -4.11. The summed E-state index contributed by atoms with van der Waals surface area (Å²) in [4.78, 5) is 28.0. The zero-order valence-electron chi connectivity index (χ0n) is 20.8. The number of hydrogen-bond acceptors (Lipinski definition) is 4. The fourth-order valence-corrected chi connectivity index (χ4v) is 5.83. The Morgan fingerprint density at radius 3 is 2.05 bits per heavy atom. The third kappa shape index (κ3) is 6.63. The van der Waals surface area contributed by atoms with Gasteiger partial charge in [0.1, 0.15) is 12.6 Å². The largest absolute Gasteiger partial charge is 0.357 e. The number of benzene rings is 3. The molecule has 0 bridgehead atoms. The Balaban J connectivity index is 2.07. The van der Waals surface area contributed by atoms with Crippen molar-refractivity contribution in [3.8, 4) is 0 Å². The second-order valence-corrected chi connectivity index (χ2v) is 11.1. The summed E-state index contributed by atoms with van der Waals surface area (Å²) in [7, 11) is -2.63. The van der Waals surface area contributed by atoms with E-state index in [1.54, 1.807) is 67.6 Å². The Morgan fingerprint density at radius 2 is 1.51 bits per heavy atom. The molecule has 2 amide bonds. The summed E-state index contributed by atoms with van der Waals surface area (Å²) < 4.78 is 28.5. The number of rotatable bonds is 10. The Hall–Kier alpha value is -3.07. The normalized spacial score (nSPS) is 12.0. The van der Waals surface area contributed by atoms with Gasteiger partial charge in [-0.2, -0.15) is 0 Å². The van der Waals surface area contributed by atoms with Crippen LogP contribution < -0.4 is 9.62 Å². The highest BCUT2D eigenvalue weighted by molar-refractivity contribution is 7.92. The van der Waals surface area contributed by atoms with E-state index in [2.05, 4.69) is 5.32 Å². The lowest BCUT2D eigenvalue weighted by Crippen LogP contribution is -2.51. The number of anilines is 1. The van der Waals surface area contributed by atoms with Crippen molar-refractivity contribution in [3.63, 3.8) is 0 Å². The molecule has 3 rings (SSSR count). The maximum Gasteiger partial charge on any atom is 0.264 e. The smallest absolute Gasteiger partial charge is 0.264 e. The monoisotopic (exact) mass is 561 g/mol. The van der Waals surface area contributed by atoms with Crippen LogP contribution >= 0.6 is 23.2 Å². The predicted octanol–water partition coefficient (Wildman–Crippen LogP) is 5.05. The van der Waals surface area contributed by atoms with E-state index in [1.165, 1.54) is 24.1 Å². The van der Waals surface area contributed by atoms with Crippen molar-refractivity contribution in [2.24, 2.45) is 0 Å². The van der Waals surface area contributed by atoms with E-state index in [1.807, 2.05) is 6.92 Å². The number of sulfonamides is 1. The van der Waals surface area contributed by atoms with Crippen LogP contribution in [0, 0.1) is 6.92 Å². The van der Waals surface area contributed by atoms with E-state index < -0.39 is 28.5 Å². The van der Waals surface area contributed by atoms with Gasteiger partial charge in [0.05, 0.1) is 10.6 Å². The molecular formula is C27H29Cl2N3O4S. The van der Waals surface area contributed by atoms with Gasteiger partial charge >= 0.3 is 0 Å². The van der Waals surface area contributed by atoms with Crippen molar-refractivity contribution >= 4 is 50.7 Å². The second kappa shape index (κ2) is 12.4. The van der Waals surface area contributed by atoms with Crippen LogP contribution in [0.2, 0.25) is 10.0 Å². The summed E-state index contributed by atoms with van der Waals surface area (Å²) >= 11 is 12.8. The number of aryl methyl sites for hydroxylation is 1. The third-order valence-electron chi connectivity index (χ3n) is 5.95. The molecule has 3 aromatic rings. The zero-order chi connectivity index (χ0) is 27.2. The van der Waals surface area contributed by atoms with Crippen molar-refractivity contribution in [1.82, 2.24) is 10.2 Å². The quantitative estimate of drug-likeness (QED) is 0.375. The van der Waals surface area contributed by atoms with Crippen molar-refractivity contribution in [3.05, 3.63) is 94.0 Å². The van der Waals surface area contributed by atoms with Gasteiger partial charge < -0.3 is 10.2 Å². The number of para-hydroxylation sites is 1. The lowest BCUT2D eigenvalue weighted by molar-refractivity contribution is -0.140. The topological polar surface area (TPSA) is 86.8 Å². The van der Waals surface area contributed by atoms with Crippen LogP contribution in [0.25, 0.3) is 0 Å². The Kier molecular flexibility index (Phi) is 9.59. The first-order valence-corrected chi connectivity index (χ1v) is 13.9. The number of nitrogens with zero attached hydrogens (tertiary/aromatic N) is 2. The molecule has 0 radical (unpaired) electrons. The highest BCUT2D eigenvalue weighted by Crippen LogP contribution is 2.28. The molecule has 196 valence electrons. The van der Waals surface area contributed by atoms with E-state index in [0.717, 1.165) is 9.87 Å². The first-order chi connectivity index (χ1) is 17.6. The molecular weight excluding hydrogens is 533 g/mol. The van der Waals surface area contributed by atoms with Gasteiger partial charge in [0.25, 0.3) is 10.0 Å². The first-order valence-electron chi connectivity index (χ1n) is 11.7. The van der Waals surface area contributed by atoms with Gasteiger partial charge in [0.15, 0.2) is 0 Å². The van der Waals surface area contributed by atoms with Crippen molar-refractivity contribution in [1.29, 1.82) is 0 Å². The third-order valence-corrected chi connectivity index (χ3v) is 8.45. The molecule has 3 aromatic carbocycles. The minimum Gasteiger partial charge on any atom is -0.357 e. The van der Waals surface area contributed by atoms with E-state index >= 15 is 0 Å². The molecule has 0 saturated heterocycles. The Bertz CT molecular complexity index is 1330. The van der Waals surface area contributed by atoms with Gasteiger partial charge in [-0.1, -0.05) is 72.1 Å². The number of halogens is 2. The van der Waals surface area contributed by atoms with Crippen LogP contribution in [-0.2, 0) is 26.2 Å². The highest BCUT2D eigenvalue weighted by atomic mass is 35.5. The number of carbonyl (C=O) groups excluding carboxylic acids is 2. The number of hydrogen-bond donors (Lipinski definition) is 1. The van der Waals surface area contributed by atoms with Gasteiger partial charge in [-0.15, -0.1) is 0 Å². The summed E-state index contributed by atoms with van der Waals surface area (Å²) in [5.41, 5.74) is 1.69. The molecule has 0 heterocycles. The van der Waals surface area contributed by atoms with E-state index in [0.29, 0.717) is 27.7 Å². The van der Waals surface area contributed by atoms with Crippen LogP contribution in [0.4, 0.5) is 5.69 Å². The zero-order valence-corrected chi connectivity index (χ0v) is 23.1. The number of likely N-dealkylation sites (N-methyl/N-ethyl adjacent to an activating group) is 1. The molecule has 0 unspecified atom stereocenters. The van der Waals surface area contributed by atoms with E-state index in [-0.39, 0.29) is 17.3 Å². The van der Waals surface area contributed by atoms with Gasteiger partial charge in [-0.25, -0.2) is 8.42 Å². The van der Waals surface area contributed by atoms with Gasteiger partial charge in [0.2, 0.25) is 11.8 Å². The molecule has 7 nitrogen and oxygen atoms in total. The fraction of sp³-hybridized carbons (Fsp3) is 0.259. The molecule has 37 heavy (non-hydrogen) atoms. The van der Waals surface area contributed by atoms with Crippen molar-refractivity contribution in [2.75, 3.05) is 17.9 Å². The molecule has 1 atom stereocenters. The van der Waals surface area contributed by atoms with Crippen molar-refractivity contribution < 1.29 is 18.0 Å². The van der Waals surface area contributed by atoms with Crippen molar-refractivity contribution in [2.45, 2.75) is 37.8 Å². The maximum atomic E-state index is 13.9. The van der Waals surface area contributed by atoms with E-state index in [9.17, 15) is 18.0 Å². The van der Waals surface area contributed by atoms with Gasteiger partial charge in [0, 0.05) is 29.2 Å². The fourth-order valence-electron chi connectivity index (χ4n) is 3.90. The lowest BCUT2D eigenvalue weighted by Gasteiger charge is -2.33. The molecule has 0 fully saturated rings. The highest BCUT2D eigenvalue weighted by Gasteiger charge is 2.33. The molecule has 0 aliphatic rings. The van der Waals surface area contributed by atoms with Crippen LogP contribution in [0.5, 0.6) is 0 Å². The summed E-state index contributed by atoms with van der Waals surface area (Å²) in [5, 5.41) is 3.26. The molecule has 10 heteroatoms. The standard InChI is InChI=1S/C27H29Cl2N3O4S/c1-4-25(27(34)30-3)31(17-22-23(28)11-8-12-24(22)29)26(33)18-32(20-9-6-5-7-10-20)37(35,36)21-15-13-19(2)14-16-21/h5-16,25H,4,17-18H2,1-3H3,(H,30,34)/t25-/m0/s1. The van der Waals surface area contributed by atoms with Crippen LogP contribution in [0.3, 0.4) is 0 Å². The summed E-state index contributed by atoms with van der Waals surface area (Å²) in [6, 6.07) is 18.9. The number of nitrogens with one attached hydrogen (secondary N) is 1.